The van der Waals surface area contributed by atoms with Crippen molar-refractivity contribution >= 4 is 52.0 Å². The zero-order chi connectivity index (χ0) is 20.8. The molecule has 0 spiro atoms. The second-order valence-electron chi connectivity index (χ2n) is 7.48. The van der Waals surface area contributed by atoms with E-state index < -0.39 is 0 Å². The van der Waals surface area contributed by atoms with Crippen molar-refractivity contribution < 1.29 is 9.13 Å². The van der Waals surface area contributed by atoms with Gasteiger partial charge >= 0.3 is 0 Å². The molecule has 0 radical (unpaired) electrons. The second-order valence-corrected chi connectivity index (χ2v) is 8.41. The predicted molar refractivity (Wildman–Crippen MR) is 138 cm³/mol. The van der Waals surface area contributed by atoms with Gasteiger partial charge in [0.1, 0.15) is 5.82 Å². The summed E-state index contributed by atoms with van der Waals surface area (Å²) in [5.41, 5.74) is 1.54. The number of guanidine groups is 1. The van der Waals surface area contributed by atoms with Crippen LogP contribution in [0.2, 0.25) is 0 Å². The van der Waals surface area contributed by atoms with Crippen LogP contribution in [-0.4, -0.2) is 69.9 Å². The molecular formula is C22H31FIN5OS. The summed E-state index contributed by atoms with van der Waals surface area (Å²) in [6.07, 6.45) is 0. The van der Waals surface area contributed by atoms with Crippen LogP contribution in [0.3, 0.4) is 0 Å². The van der Waals surface area contributed by atoms with Crippen LogP contribution in [0, 0.1) is 5.82 Å². The monoisotopic (exact) mass is 559 g/mol. The Bertz CT molecular complexity index is 836. The smallest absolute Gasteiger partial charge is 0.194 e. The number of morpholine rings is 1. The number of ether oxygens (including phenoxy) is 1. The standard InChI is InChI=1S/C22H30FN5OS.HI/c1-2-24-22(28-9-7-27(8-10-28)21-4-3-15-30-21)25-17-18-5-6-20(19(23)16-18)26-11-13-29-14-12-26;/h3-6,15-16H,2,7-14,17H2,1H3,(H,24,25);1H. The number of hydrogen-bond acceptors (Lipinski definition) is 5. The van der Waals surface area contributed by atoms with E-state index >= 15 is 0 Å². The highest BCUT2D eigenvalue weighted by Gasteiger charge is 2.20. The lowest BCUT2D eigenvalue weighted by Crippen LogP contribution is -2.52. The van der Waals surface area contributed by atoms with Crippen LogP contribution in [0.1, 0.15) is 12.5 Å². The zero-order valence-corrected chi connectivity index (χ0v) is 21.1. The predicted octanol–water partition coefficient (Wildman–Crippen LogP) is 3.63. The van der Waals surface area contributed by atoms with Gasteiger partial charge in [-0.3, -0.25) is 0 Å². The Morgan fingerprint density at radius 2 is 1.87 bits per heavy atom. The van der Waals surface area contributed by atoms with E-state index in [1.54, 1.807) is 17.4 Å². The second kappa shape index (κ2) is 11.9. The number of rotatable bonds is 5. The summed E-state index contributed by atoms with van der Waals surface area (Å²) < 4.78 is 20.0. The van der Waals surface area contributed by atoms with Gasteiger partial charge < -0.3 is 24.8 Å². The van der Waals surface area contributed by atoms with E-state index in [4.69, 9.17) is 9.73 Å². The molecule has 0 unspecified atom stereocenters. The first-order chi connectivity index (χ1) is 14.7. The van der Waals surface area contributed by atoms with Crippen molar-refractivity contribution in [2.45, 2.75) is 13.5 Å². The number of thiophene rings is 1. The first kappa shape index (κ1) is 24.1. The van der Waals surface area contributed by atoms with Gasteiger partial charge in [0, 0.05) is 45.8 Å². The molecular weight excluding hydrogens is 528 g/mol. The lowest BCUT2D eigenvalue weighted by molar-refractivity contribution is 0.122. The molecule has 0 bridgehead atoms. The van der Waals surface area contributed by atoms with Gasteiger partial charge in [0.05, 0.1) is 30.4 Å². The van der Waals surface area contributed by atoms with Crippen LogP contribution in [0.25, 0.3) is 0 Å². The van der Waals surface area contributed by atoms with E-state index in [0.29, 0.717) is 25.4 Å². The third kappa shape index (κ3) is 6.23. The van der Waals surface area contributed by atoms with Gasteiger partial charge in [-0.2, -0.15) is 0 Å². The van der Waals surface area contributed by atoms with Crippen LogP contribution < -0.4 is 15.1 Å². The first-order valence-corrected chi connectivity index (χ1v) is 11.6. The van der Waals surface area contributed by atoms with Crippen molar-refractivity contribution in [3.63, 3.8) is 0 Å². The molecule has 2 aliphatic rings. The van der Waals surface area contributed by atoms with Crippen LogP contribution >= 0.6 is 35.3 Å². The van der Waals surface area contributed by atoms with Crippen LogP contribution in [0.15, 0.2) is 40.7 Å². The summed E-state index contributed by atoms with van der Waals surface area (Å²) >= 11 is 1.79. The average Bonchev–Trinajstić information content (AvgIpc) is 3.32. The van der Waals surface area contributed by atoms with Gasteiger partial charge in [-0.15, -0.1) is 35.3 Å². The summed E-state index contributed by atoms with van der Waals surface area (Å²) in [4.78, 5) is 11.6. The molecule has 1 N–H and O–H groups in total. The van der Waals surface area contributed by atoms with Crippen molar-refractivity contribution in [3.05, 3.63) is 47.1 Å². The minimum atomic E-state index is -0.181. The van der Waals surface area contributed by atoms with Crippen molar-refractivity contribution in [1.82, 2.24) is 10.2 Å². The lowest BCUT2D eigenvalue weighted by atomic mass is 10.1. The maximum absolute atomic E-state index is 14.7. The molecule has 2 saturated heterocycles. The van der Waals surface area contributed by atoms with Crippen LogP contribution in [0.4, 0.5) is 15.1 Å². The van der Waals surface area contributed by atoms with Crippen molar-refractivity contribution in [1.29, 1.82) is 0 Å². The fraction of sp³-hybridized carbons (Fsp3) is 0.500. The first-order valence-electron chi connectivity index (χ1n) is 10.7. The molecule has 2 aliphatic heterocycles. The van der Waals surface area contributed by atoms with E-state index in [2.05, 4.69) is 39.6 Å². The van der Waals surface area contributed by atoms with Crippen molar-refractivity contribution in [2.24, 2.45) is 4.99 Å². The molecule has 0 aliphatic carbocycles. The van der Waals surface area contributed by atoms with E-state index in [1.807, 2.05) is 17.0 Å². The van der Waals surface area contributed by atoms with Gasteiger partial charge in [-0.05, 0) is 42.1 Å². The molecule has 0 saturated carbocycles. The number of aliphatic imine (C=N–C) groups is 1. The largest absolute Gasteiger partial charge is 0.378 e. The third-order valence-electron chi connectivity index (χ3n) is 5.51. The van der Waals surface area contributed by atoms with E-state index in [9.17, 15) is 4.39 Å². The molecule has 1 aromatic carbocycles. The molecule has 0 amide bonds. The number of benzene rings is 1. The number of anilines is 2. The minimum absolute atomic E-state index is 0. The topological polar surface area (TPSA) is 43.3 Å². The highest BCUT2D eigenvalue weighted by Crippen LogP contribution is 2.23. The van der Waals surface area contributed by atoms with E-state index in [0.717, 1.165) is 57.3 Å². The molecule has 1 aromatic heterocycles. The fourth-order valence-electron chi connectivity index (χ4n) is 3.89. The van der Waals surface area contributed by atoms with Crippen molar-refractivity contribution in [2.75, 3.05) is 68.8 Å². The Morgan fingerprint density at radius 3 is 2.52 bits per heavy atom. The van der Waals surface area contributed by atoms with Gasteiger partial charge in [0.15, 0.2) is 5.96 Å². The zero-order valence-electron chi connectivity index (χ0n) is 17.9. The van der Waals surface area contributed by atoms with Gasteiger partial charge in [-0.1, -0.05) is 6.07 Å². The molecule has 2 fully saturated rings. The van der Waals surface area contributed by atoms with Crippen LogP contribution in [-0.2, 0) is 11.3 Å². The van der Waals surface area contributed by atoms with Gasteiger partial charge in [-0.25, -0.2) is 9.38 Å². The Labute approximate surface area is 205 Å². The maximum Gasteiger partial charge on any atom is 0.194 e. The Balaban J connectivity index is 0.00000272. The molecule has 0 atom stereocenters. The number of nitrogens with zero attached hydrogens (tertiary/aromatic N) is 4. The molecule has 4 rings (SSSR count). The number of hydrogen-bond donors (Lipinski definition) is 1. The molecule has 2 aromatic rings. The van der Waals surface area contributed by atoms with Gasteiger partial charge in [0.25, 0.3) is 0 Å². The summed E-state index contributed by atoms with van der Waals surface area (Å²) in [6, 6.07) is 9.75. The highest BCUT2D eigenvalue weighted by molar-refractivity contribution is 14.0. The molecule has 9 heteroatoms. The molecule has 6 nitrogen and oxygen atoms in total. The third-order valence-corrected chi connectivity index (χ3v) is 6.44. The number of piperazine rings is 1. The normalized spacial score (nSPS) is 17.5. The van der Waals surface area contributed by atoms with Crippen molar-refractivity contribution in [3.8, 4) is 0 Å². The maximum atomic E-state index is 14.7. The summed E-state index contributed by atoms with van der Waals surface area (Å²) in [5.74, 6) is 0.722. The quantitative estimate of drug-likeness (QED) is 0.345. The Morgan fingerprint density at radius 1 is 1.10 bits per heavy atom. The Kier molecular flexibility index (Phi) is 9.21. The Hall–Kier alpha value is -1.59. The van der Waals surface area contributed by atoms with Crippen LogP contribution in [0.5, 0.6) is 0 Å². The SMILES string of the molecule is CCNC(=NCc1ccc(N2CCOCC2)c(F)c1)N1CCN(c2cccs2)CC1.I. The molecule has 3 heterocycles. The summed E-state index contributed by atoms with van der Waals surface area (Å²) in [7, 11) is 0. The lowest BCUT2D eigenvalue weighted by Gasteiger charge is -2.37. The number of nitrogens with one attached hydrogen (secondary N) is 1. The van der Waals surface area contributed by atoms with E-state index in [1.165, 1.54) is 5.00 Å². The number of halogens is 2. The van der Waals surface area contributed by atoms with E-state index in [-0.39, 0.29) is 29.8 Å². The summed E-state index contributed by atoms with van der Waals surface area (Å²) in [6.45, 7) is 9.93. The summed E-state index contributed by atoms with van der Waals surface area (Å²) in [5, 5.41) is 6.84. The minimum Gasteiger partial charge on any atom is -0.378 e. The molecule has 31 heavy (non-hydrogen) atoms. The van der Waals surface area contributed by atoms with Gasteiger partial charge in [0.2, 0.25) is 0 Å². The molecule has 170 valence electrons. The fourth-order valence-corrected chi connectivity index (χ4v) is 4.68. The highest BCUT2D eigenvalue weighted by atomic mass is 127. The average molecular weight is 559 g/mol.